The molecule has 33 heavy (non-hydrogen) atoms. The first-order valence-corrected chi connectivity index (χ1v) is 16.3. The lowest BCUT2D eigenvalue weighted by Gasteiger charge is -2.23. The molecule has 0 radical (unpaired) electrons. The van der Waals surface area contributed by atoms with Gasteiger partial charge in [-0.1, -0.05) is 114 Å². The summed E-state index contributed by atoms with van der Waals surface area (Å²) in [6, 6.07) is 17.1. The molecule has 2 aromatic carbocycles. The lowest BCUT2D eigenvalue weighted by Crippen LogP contribution is -2.35. The zero-order valence-corrected chi connectivity index (χ0v) is 24.3. The highest BCUT2D eigenvalue weighted by Crippen LogP contribution is 2.21. The van der Waals surface area contributed by atoms with E-state index in [1.54, 1.807) is 5.19 Å². The molecule has 0 aliphatic heterocycles. The van der Waals surface area contributed by atoms with Gasteiger partial charge in [0.25, 0.3) is 0 Å². The molecule has 0 unspecified atom stereocenters. The minimum Gasteiger partial charge on any atom is -0.481 e. The van der Waals surface area contributed by atoms with E-state index in [4.69, 9.17) is 10.2 Å². The molecule has 3 nitrogen and oxygen atoms in total. The van der Waals surface area contributed by atoms with Crippen molar-refractivity contribution in [2.24, 2.45) is 0 Å². The highest BCUT2D eigenvalue weighted by atomic mass is 28.3. The maximum absolute atomic E-state index is 10.6. The largest absolute Gasteiger partial charge is 0.481 e. The van der Waals surface area contributed by atoms with E-state index in [0.29, 0.717) is 0 Å². The van der Waals surface area contributed by atoms with Crippen LogP contribution in [0.15, 0.2) is 48.5 Å². The fraction of sp³-hybridized carbons (Fsp3) is 0.536. The summed E-state index contributed by atoms with van der Waals surface area (Å²) in [5.74, 6) is -0.765. The van der Waals surface area contributed by atoms with Gasteiger partial charge in [-0.3, -0.25) is 4.79 Å². The van der Waals surface area contributed by atoms with Gasteiger partial charge < -0.3 is 10.2 Å². The lowest BCUT2D eigenvalue weighted by molar-refractivity contribution is -0.136. The van der Waals surface area contributed by atoms with Gasteiger partial charge in [0.2, 0.25) is 0 Å². The number of aliphatic carboxylic acids is 1. The molecule has 0 fully saturated rings. The van der Waals surface area contributed by atoms with Crippen molar-refractivity contribution in [3.63, 3.8) is 0 Å². The molecule has 0 heterocycles. The normalized spacial score (nSPS) is 11.6. The number of aliphatic hydroxyl groups is 1. The Hall–Kier alpha value is -1.70. The van der Waals surface area contributed by atoms with Crippen LogP contribution in [-0.2, 0) is 17.6 Å². The SMILES string of the molecule is CC(C)[SiH](c1ccc(CC(=O)O)cc1)C(C)C.CC(C)[SiH](c1ccc(CCO)cc1)C(C)C. The van der Waals surface area contributed by atoms with Gasteiger partial charge in [0.05, 0.1) is 24.0 Å². The Morgan fingerprint density at radius 2 is 1.00 bits per heavy atom. The van der Waals surface area contributed by atoms with E-state index < -0.39 is 23.6 Å². The summed E-state index contributed by atoms with van der Waals surface area (Å²) in [7, 11) is -1.78. The summed E-state index contributed by atoms with van der Waals surface area (Å²) in [6.07, 6.45) is 0.895. The molecule has 5 heteroatoms. The monoisotopic (exact) mass is 486 g/mol. The Labute approximate surface area is 205 Å². The number of rotatable bonds is 10. The van der Waals surface area contributed by atoms with Crippen LogP contribution >= 0.6 is 0 Å². The van der Waals surface area contributed by atoms with Crippen LogP contribution in [0.1, 0.15) is 66.5 Å². The maximum atomic E-state index is 10.6. The van der Waals surface area contributed by atoms with Crippen molar-refractivity contribution in [1.29, 1.82) is 0 Å². The average Bonchev–Trinajstić information content (AvgIpc) is 2.70. The van der Waals surface area contributed by atoms with Gasteiger partial charge in [0, 0.05) is 6.61 Å². The average molecular weight is 487 g/mol. The molecule has 0 aliphatic rings. The van der Waals surface area contributed by atoms with Gasteiger partial charge >= 0.3 is 5.97 Å². The first kappa shape index (κ1) is 29.3. The molecular formula is C28H46O3Si2. The van der Waals surface area contributed by atoms with Crippen LogP contribution in [0.5, 0.6) is 0 Å². The summed E-state index contributed by atoms with van der Waals surface area (Å²) in [5.41, 5.74) is 5.22. The van der Waals surface area contributed by atoms with Crippen LogP contribution in [-0.4, -0.2) is 40.4 Å². The van der Waals surface area contributed by atoms with E-state index in [1.165, 1.54) is 10.8 Å². The molecule has 0 saturated heterocycles. The second kappa shape index (κ2) is 14.5. The van der Waals surface area contributed by atoms with Gasteiger partial charge in [-0.15, -0.1) is 0 Å². The first-order chi connectivity index (χ1) is 15.5. The van der Waals surface area contributed by atoms with Crippen LogP contribution in [0, 0.1) is 0 Å². The van der Waals surface area contributed by atoms with E-state index in [2.05, 4.69) is 91.8 Å². The summed E-state index contributed by atoms with van der Waals surface area (Å²) in [5, 5.41) is 20.6. The fourth-order valence-corrected chi connectivity index (χ4v) is 12.6. The van der Waals surface area contributed by atoms with Crippen LogP contribution in [0.3, 0.4) is 0 Å². The van der Waals surface area contributed by atoms with Gasteiger partial charge in [-0.05, 0) is 39.7 Å². The van der Waals surface area contributed by atoms with Crippen LogP contribution in [0.2, 0.25) is 22.2 Å². The van der Waals surface area contributed by atoms with Crippen molar-refractivity contribution in [3.05, 3.63) is 59.7 Å². The Morgan fingerprint density at radius 3 is 1.27 bits per heavy atom. The molecule has 2 N–H and O–H groups in total. The second-order valence-corrected chi connectivity index (χ2v) is 19.3. The Morgan fingerprint density at radius 1 is 0.667 bits per heavy atom. The Kier molecular flexibility index (Phi) is 12.9. The van der Waals surface area contributed by atoms with Gasteiger partial charge in [0.15, 0.2) is 0 Å². The fourth-order valence-electron chi connectivity index (χ4n) is 5.15. The number of carboxylic acids is 1. The molecule has 0 spiro atoms. The molecule has 0 aliphatic carbocycles. The van der Waals surface area contributed by atoms with Gasteiger partial charge in [0.1, 0.15) is 0 Å². The molecule has 0 atom stereocenters. The van der Waals surface area contributed by atoms with Crippen molar-refractivity contribution in [2.75, 3.05) is 6.61 Å². The predicted molar refractivity (Wildman–Crippen MR) is 149 cm³/mol. The third-order valence-electron chi connectivity index (χ3n) is 6.36. The molecule has 0 amide bonds. The van der Waals surface area contributed by atoms with Crippen LogP contribution < -0.4 is 10.4 Å². The van der Waals surface area contributed by atoms with Crippen LogP contribution in [0.4, 0.5) is 0 Å². The Balaban J connectivity index is 0.000000331. The number of benzene rings is 2. The molecule has 2 rings (SSSR count). The van der Waals surface area contributed by atoms with Gasteiger partial charge in [-0.25, -0.2) is 0 Å². The number of hydrogen-bond donors (Lipinski definition) is 2. The van der Waals surface area contributed by atoms with E-state index >= 15 is 0 Å². The topological polar surface area (TPSA) is 57.5 Å². The Bertz CT molecular complexity index is 796. The van der Waals surface area contributed by atoms with Crippen molar-refractivity contribution < 1.29 is 15.0 Å². The van der Waals surface area contributed by atoms with Crippen molar-refractivity contribution >= 4 is 33.9 Å². The molecule has 0 aromatic heterocycles. The predicted octanol–water partition coefficient (Wildman–Crippen LogP) is 5.04. The minimum atomic E-state index is -0.942. The molecule has 184 valence electrons. The summed E-state index contributed by atoms with van der Waals surface area (Å²) in [4.78, 5) is 10.6. The summed E-state index contributed by atoms with van der Waals surface area (Å²) in [6.45, 7) is 18.8. The van der Waals surface area contributed by atoms with E-state index in [9.17, 15) is 4.79 Å². The quantitative estimate of drug-likeness (QED) is 0.462. The third kappa shape index (κ3) is 9.99. The van der Waals surface area contributed by atoms with Crippen LogP contribution in [0.25, 0.3) is 0 Å². The van der Waals surface area contributed by atoms with E-state index in [1.807, 2.05) is 12.1 Å². The van der Waals surface area contributed by atoms with E-state index in [0.717, 1.165) is 34.1 Å². The number of carbonyl (C=O) groups is 1. The first-order valence-electron chi connectivity index (χ1n) is 12.5. The third-order valence-corrected chi connectivity index (χ3v) is 14.4. The molecule has 2 aromatic rings. The summed E-state index contributed by atoms with van der Waals surface area (Å²) >= 11 is 0. The highest BCUT2D eigenvalue weighted by molar-refractivity contribution is 6.76. The number of carboxylic acid groups (broad SMARTS) is 1. The van der Waals surface area contributed by atoms with Crippen molar-refractivity contribution in [2.45, 2.75) is 90.4 Å². The van der Waals surface area contributed by atoms with Crippen molar-refractivity contribution in [3.8, 4) is 0 Å². The highest BCUT2D eigenvalue weighted by Gasteiger charge is 2.22. The number of hydrogen-bond acceptors (Lipinski definition) is 2. The smallest absolute Gasteiger partial charge is 0.307 e. The van der Waals surface area contributed by atoms with E-state index in [-0.39, 0.29) is 13.0 Å². The zero-order chi connectivity index (χ0) is 25.1. The number of aliphatic hydroxyl groups excluding tert-OH is 1. The van der Waals surface area contributed by atoms with Gasteiger partial charge in [-0.2, -0.15) is 0 Å². The molecular weight excluding hydrogens is 440 g/mol. The molecule has 0 saturated carbocycles. The summed E-state index contributed by atoms with van der Waals surface area (Å²) < 4.78 is 0. The lowest BCUT2D eigenvalue weighted by atomic mass is 10.2. The second-order valence-electron chi connectivity index (χ2n) is 10.6. The maximum Gasteiger partial charge on any atom is 0.307 e. The standard InChI is InChI=1S/C14H22O2Si.C14H24OSi/c1-10(2)17(11(3)4)13-7-5-12(6-8-13)9-14(15)16;1-11(2)16(12(3)4)14-7-5-13(6-8-14)9-10-15/h5-8,10-11,17H,9H2,1-4H3,(H,15,16);5-8,11-12,15-16H,9-10H2,1-4H3. The minimum absolute atomic E-state index is 0.121. The van der Waals surface area contributed by atoms with Crippen molar-refractivity contribution in [1.82, 2.24) is 0 Å². The molecule has 0 bridgehead atoms. The zero-order valence-electron chi connectivity index (χ0n) is 22.0.